The molecule has 1 fully saturated rings. The van der Waals surface area contributed by atoms with Gasteiger partial charge in [-0.05, 0) is 69.0 Å². The molecule has 9 nitrogen and oxygen atoms in total. The zero-order chi connectivity index (χ0) is 25.9. The summed E-state index contributed by atoms with van der Waals surface area (Å²) in [4.78, 5) is 28.7. The van der Waals surface area contributed by atoms with E-state index in [1.54, 1.807) is 14.2 Å². The number of aromatic nitrogens is 3. The minimum absolute atomic E-state index is 0.0167. The van der Waals surface area contributed by atoms with E-state index >= 15 is 0 Å². The molecule has 1 amide bonds. The molecule has 2 aliphatic heterocycles. The normalized spacial score (nSPS) is 18.9. The Morgan fingerprint density at radius 3 is 2.54 bits per heavy atom. The van der Waals surface area contributed by atoms with Gasteiger partial charge in [-0.15, -0.1) is 0 Å². The highest BCUT2D eigenvalue weighted by molar-refractivity contribution is 6.01. The van der Waals surface area contributed by atoms with Crippen LogP contribution < -0.4 is 10.1 Å². The molecular weight excluding hydrogens is 470 g/mol. The van der Waals surface area contributed by atoms with Crippen LogP contribution in [0.4, 0.5) is 0 Å². The van der Waals surface area contributed by atoms with Crippen molar-refractivity contribution in [3.63, 3.8) is 0 Å². The van der Waals surface area contributed by atoms with Gasteiger partial charge in [0, 0.05) is 44.1 Å². The summed E-state index contributed by atoms with van der Waals surface area (Å²) in [6.45, 7) is 7.35. The monoisotopic (exact) mass is 503 g/mol. The first-order chi connectivity index (χ1) is 17.7. The smallest absolute Gasteiger partial charge is 0.253 e. The Morgan fingerprint density at radius 2 is 1.86 bits per heavy atom. The van der Waals surface area contributed by atoms with Gasteiger partial charge in [0.2, 0.25) is 6.41 Å². The molecule has 9 heteroatoms. The van der Waals surface area contributed by atoms with E-state index in [1.165, 1.54) is 0 Å². The quantitative estimate of drug-likeness (QED) is 0.515. The Morgan fingerprint density at radius 1 is 1.11 bits per heavy atom. The summed E-state index contributed by atoms with van der Waals surface area (Å²) in [7, 11) is 3.30. The summed E-state index contributed by atoms with van der Waals surface area (Å²) in [6.07, 6.45) is 3.80. The number of hydrogen-bond donors (Lipinski definition) is 2. The fourth-order valence-corrected chi connectivity index (χ4v) is 5.73. The number of aromatic amines is 1. The predicted molar refractivity (Wildman–Crippen MR) is 138 cm³/mol. The van der Waals surface area contributed by atoms with Crippen molar-refractivity contribution in [2.24, 2.45) is 0 Å². The first-order valence-corrected chi connectivity index (χ1v) is 12.7. The highest BCUT2D eigenvalue weighted by atomic mass is 16.7. The second-order valence-corrected chi connectivity index (χ2v) is 11.2. The number of rotatable bonds is 5. The van der Waals surface area contributed by atoms with Crippen molar-refractivity contribution >= 4 is 5.91 Å². The van der Waals surface area contributed by atoms with Crippen molar-refractivity contribution in [2.75, 3.05) is 27.3 Å². The number of aryl methyl sites for hydroxylation is 1. The van der Waals surface area contributed by atoms with E-state index < -0.39 is 6.41 Å². The lowest BCUT2D eigenvalue weighted by atomic mass is 9.80. The molecular formula is C28H33N5O4. The molecule has 1 aromatic carbocycles. The van der Waals surface area contributed by atoms with Crippen LogP contribution in [0, 0.1) is 0 Å². The number of carbonyl (C=O) groups excluding carboxylic acids is 1. The molecule has 3 aliphatic rings. The van der Waals surface area contributed by atoms with E-state index in [0.29, 0.717) is 18.9 Å². The molecule has 37 heavy (non-hydrogen) atoms. The Balaban J connectivity index is 1.28. The fraction of sp³-hybridized carbons (Fsp3) is 0.464. The molecule has 1 aliphatic carbocycles. The molecule has 2 aromatic heterocycles. The van der Waals surface area contributed by atoms with Crippen molar-refractivity contribution in [3.8, 4) is 28.5 Å². The lowest BCUT2D eigenvalue weighted by Crippen LogP contribution is -2.75. The van der Waals surface area contributed by atoms with Crippen molar-refractivity contribution in [1.29, 1.82) is 0 Å². The second-order valence-electron chi connectivity index (χ2n) is 11.2. The molecule has 194 valence electrons. The number of H-pyrrole nitrogens is 1. The number of nitrogens with zero attached hydrogens (tertiary/aromatic N) is 3. The lowest BCUT2D eigenvalue weighted by molar-refractivity contribution is -0.277. The van der Waals surface area contributed by atoms with Gasteiger partial charge in [-0.3, -0.25) is 9.69 Å². The zero-order valence-corrected chi connectivity index (χ0v) is 22.0. The van der Waals surface area contributed by atoms with Gasteiger partial charge < -0.3 is 24.5 Å². The lowest BCUT2D eigenvalue weighted by Gasteiger charge is -2.54. The Hall–Kier alpha value is -3.27. The van der Waals surface area contributed by atoms with Crippen LogP contribution in [0.5, 0.6) is 5.75 Å². The highest BCUT2D eigenvalue weighted by Crippen LogP contribution is 2.40. The minimum Gasteiger partial charge on any atom is -0.497 e. The topological polar surface area (TPSA) is 102 Å². The van der Waals surface area contributed by atoms with Crippen molar-refractivity contribution in [3.05, 3.63) is 52.8 Å². The summed E-state index contributed by atoms with van der Waals surface area (Å²) < 4.78 is 16.9. The first kappa shape index (κ1) is 24.1. The number of likely N-dealkylation sites (tertiary alicyclic amines) is 1. The van der Waals surface area contributed by atoms with E-state index in [-0.39, 0.29) is 17.0 Å². The number of methoxy groups -OCH3 is 2. The Bertz CT molecular complexity index is 1350. The van der Waals surface area contributed by atoms with Gasteiger partial charge in [-0.2, -0.15) is 0 Å². The maximum Gasteiger partial charge on any atom is 0.253 e. The van der Waals surface area contributed by atoms with Gasteiger partial charge >= 0.3 is 0 Å². The maximum atomic E-state index is 13.4. The van der Waals surface area contributed by atoms with Gasteiger partial charge in [0.1, 0.15) is 5.75 Å². The molecule has 0 saturated carbocycles. The average Bonchev–Trinajstić information content (AvgIpc) is 3.24. The number of nitrogens with one attached hydrogen (secondary N) is 2. The third-order valence-corrected chi connectivity index (χ3v) is 7.36. The number of fused-ring (bicyclic) bond motifs is 5. The molecule has 6 rings (SSSR count). The van der Waals surface area contributed by atoms with Crippen LogP contribution in [0.3, 0.4) is 0 Å². The van der Waals surface area contributed by atoms with E-state index in [0.717, 1.165) is 64.3 Å². The standard InChI is InChI=1S/C28H33N5O4/c1-27(2,3)37-26(36-5)33-14-28(15-33)12-20-21(25(34)32-28)19-11-8-17-13-29-24(31-22(17)23(19)30-20)16-6-9-18(35-4)10-7-16/h6-7,9-10,13,26,30H,8,11-12,14-15H2,1-5H3,(H,32,34). The van der Waals surface area contributed by atoms with Gasteiger partial charge in [-0.25, -0.2) is 9.97 Å². The van der Waals surface area contributed by atoms with Crippen LogP contribution in [0.25, 0.3) is 22.8 Å². The average molecular weight is 504 g/mol. The summed E-state index contributed by atoms with van der Waals surface area (Å²) in [5, 5.41) is 3.31. The molecule has 1 atom stereocenters. The summed E-state index contributed by atoms with van der Waals surface area (Å²) in [5.74, 6) is 1.43. The third-order valence-electron chi connectivity index (χ3n) is 7.36. The van der Waals surface area contributed by atoms with E-state index in [9.17, 15) is 4.79 Å². The summed E-state index contributed by atoms with van der Waals surface area (Å²) in [5.41, 5.74) is 5.99. The predicted octanol–water partition coefficient (Wildman–Crippen LogP) is 3.33. The molecule has 1 spiro atoms. The first-order valence-electron chi connectivity index (χ1n) is 12.7. The van der Waals surface area contributed by atoms with Crippen LogP contribution in [0.2, 0.25) is 0 Å². The number of ether oxygens (including phenoxy) is 3. The molecule has 2 N–H and O–H groups in total. The van der Waals surface area contributed by atoms with E-state index in [2.05, 4.69) is 20.2 Å². The van der Waals surface area contributed by atoms with Gasteiger partial charge in [0.05, 0.1) is 35.2 Å². The highest BCUT2D eigenvalue weighted by Gasteiger charge is 2.51. The summed E-state index contributed by atoms with van der Waals surface area (Å²) in [6, 6.07) is 7.73. The second kappa shape index (κ2) is 8.65. The van der Waals surface area contributed by atoms with Crippen LogP contribution >= 0.6 is 0 Å². The Kier molecular flexibility index (Phi) is 5.63. The van der Waals surface area contributed by atoms with Gasteiger partial charge in [0.25, 0.3) is 5.91 Å². The Labute approximate surface area is 216 Å². The van der Waals surface area contributed by atoms with Crippen LogP contribution in [0.15, 0.2) is 30.5 Å². The van der Waals surface area contributed by atoms with Gasteiger partial charge in [0.15, 0.2) is 5.82 Å². The van der Waals surface area contributed by atoms with Crippen LogP contribution in [-0.4, -0.2) is 70.6 Å². The maximum absolute atomic E-state index is 13.4. The minimum atomic E-state index is -0.444. The van der Waals surface area contributed by atoms with Crippen molar-refractivity contribution in [2.45, 2.75) is 57.6 Å². The largest absolute Gasteiger partial charge is 0.497 e. The number of carbonyl (C=O) groups is 1. The zero-order valence-electron chi connectivity index (χ0n) is 22.0. The van der Waals surface area contributed by atoms with Crippen molar-refractivity contribution < 1.29 is 19.0 Å². The van der Waals surface area contributed by atoms with Crippen LogP contribution in [0.1, 0.15) is 48.0 Å². The SMILES string of the molecule is COc1ccc(-c2ncc3c(n2)-c2[nH]c4c(c2CC3)C(=O)NC2(C4)CN(C(OC)OC(C)(C)C)C2)cc1. The van der Waals surface area contributed by atoms with Crippen molar-refractivity contribution in [1.82, 2.24) is 25.2 Å². The van der Waals surface area contributed by atoms with Crippen LogP contribution in [-0.2, 0) is 28.7 Å². The molecule has 4 heterocycles. The molecule has 1 saturated heterocycles. The fourth-order valence-electron chi connectivity index (χ4n) is 5.73. The van der Waals surface area contributed by atoms with E-state index in [1.807, 2.05) is 51.2 Å². The van der Waals surface area contributed by atoms with E-state index in [4.69, 9.17) is 19.2 Å². The molecule has 1 unspecified atom stereocenters. The number of benzene rings is 1. The molecule has 0 radical (unpaired) electrons. The molecule has 0 bridgehead atoms. The van der Waals surface area contributed by atoms with Gasteiger partial charge in [-0.1, -0.05) is 0 Å². The number of hydrogen-bond acceptors (Lipinski definition) is 7. The summed E-state index contributed by atoms with van der Waals surface area (Å²) >= 11 is 0. The third kappa shape index (κ3) is 4.21. The molecule has 3 aromatic rings. The number of amides is 1.